The normalized spacial score (nSPS) is 10.5. The summed E-state index contributed by atoms with van der Waals surface area (Å²) in [5.74, 6) is 3.04. The minimum Gasteiger partial charge on any atom is -0.497 e. The minimum atomic E-state index is 0.726. The van der Waals surface area contributed by atoms with Crippen molar-refractivity contribution in [3.8, 4) is 22.9 Å². The van der Waals surface area contributed by atoms with E-state index in [4.69, 9.17) is 9.47 Å². The highest BCUT2D eigenvalue weighted by atomic mass is 16.5. The van der Waals surface area contributed by atoms with Gasteiger partial charge in [-0.1, -0.05) is 18.2 Å². The molecule has 0 atom stereocenters. The van der Waals surface area contributed by atoms with Crippen molar-refractivity contribution >= 4 is 11.6 Å². The van der Waals surface area contributed by atoms with Gasteiger partial charge in [0.2, 0.25) is 5.95 Å². The van der Waals surface area contributed by atoms with Crippen LogP contribution in [0.1, 0.15) is 0 Å². The van der Waals surface area contributed by atoms with Crippen molar-refractivity contribution < 1.29 is 9.47 Å². The van der Waals surface area contributed by atoms with E-state index in [0.717, 1.165) is 34.5 Å². The second-order valence-corrected chi connectivity index (χ2v) is 5.34. The van der Waals surface area contributed by atoms with Gasteiger partial charge >= 0.3 is 0 Å². The summed E-state index contributed by atoms with van der Waals surface area (Å²) in [6.45, 7) is 0. The Morgan fingerprint density at radius 1 is 0.958 bits per heavy atom. The lowest BCUT2D eigenvalue weighted by Gasteiger charge is -2.18. The van der Waals surface area contributed by atoms with Gasteiger partial charge in [0.15, 0.2) is 5.82 Å². The zero-order valence-electron chi connectivity index (χ0n) is 14.2. The Hall–Kier alpha value is -3.02. The number of hydrogen-bond acceptors (Lipinski definition) is 5. The standard InChI is InChI=1S/C18H20N4O2/c1-21(13-8-7-9-14(12-13)23-3)18-20-19-17(22(18)2)15-10-5-6-11-16(15)24-4/h5-12H,1-4H3. The second kappa shape index (κ2) is 6.62. The molecule has 3 aromatic rings. The molecule has 1 aromatic heterocycles. The molecule has 0 radical (unpaired) electrons. The van der Waals surface area contributed by atoms with Gasteiger partial charge in [-0.15, -0.1) is 10.2 Å². The highest BCUT2D eigenvalue weighted by Crippen LogP contribution is 2.31. The summed E-state index contributed by atoms with van der Waals surface area (Å²) in [5.41, 5.74) is 1.87. The van der Waals surface area contributed by atoms with E-state index in [9.17, 15) is 0 Å². The predicted molar refractivity (Wildman–Crippen MR) is 94.0 cm³/mol. The smallest absolute Gasteiger partial charge is 0.231 e. The van der Waals surface area contributed by atoms with Crippen molar-refractivity contribution in [3.05, 3.63) is 48.5 Å². The summed E-state index contributed by atoms with van der Waals surface area (Å²) in [6, 6.07) is 15.6. The topological polar surface area (TPSA) is 52.4 Å². The average molecular weight is 324 g/mol. The Kier molecular flexibility index (Phi) is 4.37. The van der Waals surface area contributed by atoms with E-state index in [1.54, 1.807) is 14.2 Å². The lowest BCUT2D eigenvalue weighted by atomic mass is 10.2. The molecule has 6 heteroatoms. The van der Waals surface area contributed by atoms with Gasteiger partial charge in [0.05, 0.1) is 19.8 Å². The molecule has 0 unspecified atom stereocenters. The largest absolute Gasteiger partial charge is 0.497 e. The molecule has 24 heavy (non-hydrogen) atoms. The highest BCUT2D eigenvalue weighted by Gasteiger charge is 2.18. The maximum absolute atomic E-state index is 5.43. The quantitative estimate of drug-likeness (QED) is 0.721. The predicted octanol–water partition coefficient (Wildman–Crippen LogP) is 3.27. The molecule has 0 saturated heterocycles. The zero-order valence-corrected chi connectivity index (χ0v) is 14.2. The fraction of sp³-hybridized carbons (Fsp3) is 0.222. The van der Waals surface area contributed by atoms with Crippen LogP contribution in [0.4, 0.5) is 11.6 Å². The van der Waals surface area contributed by atoms with Gasteiger partial charge in [-0.2, -0.15) is 0 Å². The monoisotopic (exact) mass is 324 g/mol. The van der Waals surface area contributed by atoms with E-state index in [-0.39, 0.29) is 0 Å². The van der Waals surface area contributed by atoms with Crippen LogP contribution in [-0.2, 0) is 7.05 Å². The van der Waals surface area contributed by atoms with Crippen LogP contribution in [0.3, 0.4) is 0 Å². The summed E-state index contributed by atoms with van der Waals surface area (Å²) < 4.78 is 12.7. The van der Waals surface area contributed by atoms with E-state index in [1.807, 2.05) is 72.1 Å². The van der Waals surface area contributed by atoms with Crippen molar-refractivity contribution in [2.75, 3.05) is 26.2 Å². The van der Waals surface area contributed by atoms with Gasteiger partial charge < -0.3 is 14.4 Å². The SMILES string of the molecule is COc1cccc(N(C)c2nnc(-c3ccccc3OC)n2C)c1. The first-order valence-corrected chi connectivity index (χ1v) is 7.56. The van der Waals surface area contributed by atoms with E-state index in [0.29, 0.717) is 0 Å². The molecule has 124 valence electrons. The number of aromatic nitrogens is 3. The number of anilines is 2. The molecule has 0 fully saturated rings. The summed E-state index contributed by atoms with van der Waals surface area (Å²) in [6.07, 6.45) is 0. The van der Waals surface area contributed by atoms with Crippen LogP contribution in [0.5, 0.6) is 11.5 Å². The Balaban J connectivity index is 2.00. The molecule has 0 aliphatic carbocycles. The molecule has 3 rings (SSSR count). The van der Waals surface area contributed by atoms with E-state index < -0.39 is 0 Å². The summed E-state index contributed by atoms with van der Waals surface area (Å²) >= 11 is 0. The van der Waals surface area contributed by atoms with Crippen molar-refractivity contribution in [3.63, 3.8) is 0 Å². The summed E-state index contributed by atoms with van der Waals surface area (Å²) in [7, 11) is 7.19. The van der Waals surface area contributed by atoms with E-state index in [1.165, 1.54) is 0 Å². The molecule has 0 bridgehead atoms. The van der Waals surface area contributed by atoms with Crippen LogP contribution in [0.2, 0.25) is 0 Å². The summed E-state index contributed by atoms with van der Waals surface area (Å²) in [4.78, 5) is 1.97. The van der Waals surface area contributed by atoms with Gasteiger partial charge in [-0.25, -0.2) is 0 Å². The minimum absolute atomic E-state index is 0.726. The van der Waals surface area contributed by atoms with Crippen LogP contribution < -0.4 is 14.4 Å². The van der Waals surface area contributed by atoms with Crippen molar-refractivity contribution in [1.29, 1.82) is 0 Å². The lowest BCUT2D eigenvalue weighted by Crippen LogP contribution is -2.14. The van der Waals surface area contributed by atoms with Crippen molar-refractivity contribution in [2.45, 2.75) is 0 Å². The van der Waals surface area contributed by atoms with Crippen molar-refractivity contribution in [1.82, 2.24) is 14.8 Å². The first kappa shape index (κ1) is 15.9. The maximum Gasteiger partial charge on any atom is 0.231 e. The molecule has 0 aliphatic rings. The Bertz CT molecular complexity index is 845. The molecule has 0 N–H and O–H groups in total. The van der Waals surface area contributed by atoms with Crippen LogP contribution in [0.25, 0.3) is 11.4 Å². The van der Waals surface area contributed by atoms with Gasteiger partial charge in [0.1, 0.15) is 11.5 Å². The van der Waals surface area contributed by atoms with Crippen LogP contribution in [0.15, 0.2) is 48.5 Å². The maximum atomic E-state index is 5.43. The Morgan fingerprint density at radius 2 is 1.75 bits per heavy atom. The molecule has 0 spiro atoms. The Labute approximate surface area is 141 Å². The Morgan fingerprint density at radius 3 is 2.50 bits per heavy atom. The first-order valence-electron chi connectivity index (χ1n) is 7.56. The fourth-order valence-corrected chi connectivity index (χ4v) is 2.61. The molecule has 0 amide bonds. The van der Waals surface area contributed by atoms with Gasteiger partial charge in [0, 0.05) is 25.8 Å². The van der Waals surface area contributed by atoms with Gasteiger partial charge in [-0.3, -0.25) is 4.57 Å². The number of ether oxygens (including phenoxy) is 2. The van der Waals surface area contributed by atoms with Crippen LogP contribution >= 0.6 is 0 Å². The third-order valence-electron chi connectivity index (χ3n) is 3.94. The number of para-hydroxylation sites is 1. The number of methoxy groups -OCH3 is 2. The number of nitrogens with zero attached hydrogens (tertiary/aromatic N) is 4. The van der Waals surface area contributed by atoms with E-state index in [2.05, 4.69) is 10.2 Å². The molecule has 6 nitrogen and oxygen atoms in total. The third-order valence-corrected chi connectivity index (χ3v) is 3.94. The van der Waals surface area contributed by atoms with Crippen LogP contribution in [0, 0.1) is 0 Å². The number of benzene rings is 2. The average Bonchev–Trinajstić information content (AvgIpc) is 3.02. The molecule has 1 heterocycles. The number of rotatable bonds is 5. The van der Waals surface area contributed by atoms with E-state index >= 15 is 0 Å². The molecular weight excluding hydrogens is 304 g/mol. The first-order chi connectivity index (χ1) is 11.7. The van der Waals surface area contributed by atoms with Gasteiger partial charge in [0.25, 0.3) is 0 Å². The number of hydrogen-bond donors (Lipinski definition) is 0. The summed E-state index contributed by atoms with van der Waals surface area (Å²) in [5, 5.41) is 8.69. The molecule has 2 aromatic carbocycles. The lowest BCUT2D eigenvalue weighted by molar-refractivity contribution is 0.415. The fourth-order valence-electron chi connectivity index (χ4n) is 2.61. The van der Waals surface area contributed by atoms with Crippen molar-refractivity contribution in [2.24, 2.45) is 7.05 Å². The van der Waals surface area contributed by atoms with Gasteiger partial charge in [-0.05, 0) is 24.3 Å². The zero-order chi connectivity index (χ0) is 17.1. The molecular formula is C18H20N4O2. The van der Waals surface area contributed by atoms with Crippen LogP contribution in [-0.4, -0.2) is 36.0 Å². The highest BCUT2D eigenvalue weighted by molar-refractivity contribution is 5.67. The second-order valence-electron chi connectivity index (χ2n) is 5.34. The molecule has 0 aliphatic heterocycles. The molecule has 0 saturated carbocycles. The third kappa shape index (κ3) is 2.78.